The summed E-state index contributed by atoms with van der Waals surface area (Å²) in [5.74, 6) is 0.279. The molecule has 0 saturated carbocycles. The van der Waals surface area contributed by atoms with Gasteiger partial charge in [-0.15, -0.1) is 0 Å². The first kappa shape index (κ1) is 22.9. The normalized spacial score (nSPS) is 14.4. The smallest absolute Gasteiger partial charge is 0.276 e. The van der Waals surface area contributed by atoms with Crippen molar-refractivity contribution in [1.82, 2.24) is 29.6 Å². The van der Waals surface area contributed by atoms with Crippen LogP contribution in [0.3, 0.4) is 0 Å². The van der Waals surface area contributed by atoms with E-state index >= 15 is 0 Å². The largest absolute Gasteiger partial charge is 0.337 e. The second kappa shape index (κ2) is 9.06. The number of aromatic nitrogens is 5. The molecular weight excluding hydrogens is 464 g/mol. The van der Waals surface area contributed by atoms with Gasteiger partial charge >= 0.3 is 0 Å². The van der Waals surface area contributed by atoms with Crippen molar-refractivity contribution in [2.75, 3.05) is 36.4 Å². The van der Waals surface area contributed by atoms with Gasteiger partial charge in [0.1, 0.15) is 4.70 Å². The fourth-order valence-electron chi connectivity index (χ4n) is 3.94. The molecule has 0 spiro atoms. The maximum Gasteiger partial charge on any atom is 0.276 e. The third-order valence-electron chi connectivity index (χ3n) is 5.72. The van der Waals surface area contributed by atoms with Crippen molar-refractivity contribution in [3.05, 3.63) is 60.0 Å². The highest BCUT2D eigenvalue weighted by Gasteiger charge is 2.31. The van der Waals surface area contributed by atoms with E-state index in [4.69, 9.17) is 0 Å². The number of hydrogen-bond acceptors (Lipinski definition) is 8. The first-order valence-electron chi connectivity index (χ1n) is 11.4. The van der Waals surface area contributed by atoms with E-state index in [1.54, 1.807) is 40.2 Å². The molecule has 0 aliphatic carbocycles. The number of carbonyl (C=O) groups is 2. The van der Waals surface area contributed by atoms with Crippen LogP contribution < -0.4 is 10.2 Å². The van der Waals surface area contributed by atoms with E-state index in [0.717, 1.165) is 0 Å². The predicted octanol–water partition coefficient (Wildman–Crippen LogP) is 3.25. The second-order valence-corrected chi connectivity index (χ2v) is 10.3. The molecule has 0 unspecified atom stereocenters. The number of piperazine rings is 1. The highest BCUT2D eigenvalue weighted by atomic mass is 32.1. The molecule has 0 bridgehead atoms. The van der Waals surface area contributed by atoms with Crippen molar-refractivity contribution >= 4 is 44.6 Å². The molecule has 1 saturated heterocycles. The minimum Gasteiger partial charge on any atom is -0.337 e. The van der Waals surface area contributed by atoms with Gasteiger partial charge < -0.3 is 9.80 Å². The number of amides is 2. The average Bonchev–Trinajstić information content (AvgIpc) is 3.43. The molecule has 1 N–H and O–H groups in total. The summed E-state index contributed by atoms with van der Waals surface area (Å²) in [5.41, 5.74) is 1.10. The number of nitrogens with one attached hydrogen (secondary N) is 1. The molecule has 4 aromatic rings. The van der Waals surface area contributed by atoms with Gasteiger partial charge in [-0.3, -0.25) is 14.9 Å². The summed E-state index contributed by atoms with van der Waals surface area (Å²) >= 11 is 1.27. The van der Waals surface area contributed by atoms with Crippen LogP contribution >= 0.6 is 11.3 Å². The van der Waals surface area contributed by atoms with Gasteiger partial charge in [0.25, 0.3) is 11.8 Å². The molecule has 11 heteroatoms. The van der Waals surface area contributed by atoms with E-state index in [0.29, 0.717) is 58.9 Å². The van der Waals surface area contributed by atoms with Crippen LogP contribution in [-0.2, 0) is 5.54 Å². The van der Waals surface area contributed by atoms with Gasteiger partial charge in [-0.2, -0.15) is 10.1 Å². The Morgan fingerprint density at radius 3 is 2.31 bits per heavy atom. The van der Waals surface area contributed by atoms with Crippen LogP contribution in [0, 0.1) is 0 Å². The topological polar surface area (TPSA) is 109 Å². The molecule has 4 heterocycles. The van der Waals surface area contributed by atoms with Crippen LogP contribution in [0.5, 0.6) is 0 Å². The van der Waals surface area contributed by atoms with Gasteiger partial charge in [-0.05, 0) is 39.0 Å². The van der Waals surface area contributed by atoms with E-state index in [1.165, 1.54) is 11.3 Å². The third kappa shape index (κ3) is 4.59. The van der Waals surface area contributed by atoms with Gasteiger partial charge in [0.15, 0.2) is 16.5 Å². The van der Waals surface area contributed by atoms with E-state index in [2.05, 4.69) is 30.3 Å². The van der Waals surface area contributed by atoms with Gasteiger partial charge in [-0.1, -0.05) is 29.5 Å². The summed E-state index contributed by atoms with van der Waals surface area (Å²) in [6.45, 7) is 8.38. The molecule has 10 nitrogen and oxygen atoms in total. The van der Waals surface area contributed by atoms with Gasteiger partial charge in [-0.25, -0.2) is 14.6 Å². The van der Waals surface area contributed by atoms with Gasteiger partial charge in [0.05, 0.1) is 5.54 Å². The Hall–Kier alpha value is -3.86. The highest BCUT2D eigenvalue weighted by molar-refractivity contribution is 7.22. The standard InChI is InChI=1S/C24H26N8O2S/c1-24(2,3)32-19-18(35-23(27-19)28-20(33)16-8-5-4-6-9-16)17(29-32)21(34)30-12-14-31(15-13-30)22-25-10-7-11-26-22/h4-11H,12-15H2,1-3H3,(H,27,28,33). The lowest BCUT2D eigenvalue weighted by atomic mass is 10.1. The Balaban J connectivity index is 1.40. The first-order chi connectivity index (χ1) is 16.8. The molecule has 5 rings (SSSR count). The number of anilines is 2. The summed E-state index contributed by atoms with van der Waals surface area (Å²) in [6.07, 6.45) is 3.43. The zero-order valence-corrected chi connectivity index (χ0v) is 20.6. The molecular formula is C24H26N8O2S. The monoisotopic (exact) mass is 490 g/mol. The van der Waals surface area contributed by atoms with E-state index in [1.807, 2.05) is 39.0 Å². The highest BCUT2D eigenvalue weighted by Crippen LogP contribution is 2.33. The molecule has 35 heavy (non-hydrogen) atoms. The Morgan fingerprint density at radius 1 is 0.971 bits per heavy atom. The Kier molecular flexibility index (Phi) is 5.93. The van der Waals surface area contributed by atoms with Crippen LogP contribution in [0.4, 0.5) is 11.1 Å². The lowest BCUT2D eigenvalue weighted by Crippen LogP contribution is -2.49. The molecule has 1 fully saturated rings. The summed E-state index contributed by atoms with van der Waals surface area (Å²) in [5, 5.41) is 7.97. The van der Waals surface area contributed by atoms with Crippen molar-refractivity contribution in [2.45, 2.75) is 26.3 Å². The number of carbonyl (C=O) groups excluding carboxylic acids is 2. The van der Waals surface area contributed by atoms with E-state index in [-0.39, 0.29) is 11.8 Å². The molecule has 3 aromatic heterocycles. The molecule has 0 radical (unpaired) electrons. The van der Waals surface area contributed by atoms with Crippen LogP contribution in [0.2, 0.25) is 0 Å². The fraction of sp³-hybridized carbons (Fsp3) is 0.333. The Morgan fingerprint density at radius 2 is 1.66 bits per heavy atom. The number of fused-ring (bicyclic) bond motifs is 1. The van der Waals surface area contributed by atoms with E-state index in [9.17, 15) is 9.59 Å². The minimum atomic E-state index is -0.394. The predicted molar refractivity (Wildman–Crippen MR) is 135 cm³/mol. The zero-order valence-electron chi connectivity index (χ0n) is 19.8. The van der Waals surface area contributed by atoms with Crippen molar-refractivity contribution in [2.24, 2.45) is 0 Å². The summed E-state index contributed by atoms with van der Waals surface area (Å²) < 4.78 is 2.43. The average molecular weight is 491 g/mol. The number of nitrogens with zero attached hydrogens (tertiary/aromatic N) is 7. The maximum absolute atomic E-state index is 13.5. The van der Waals surface area contributed by atoms with Gasteiger partial charge in [0, 0.05) is 44.1 Å². The number of rotatable bonds is 4. The van der Waals surface area contributed by atoms with Crippen LogP contribution in [-0.4, -0.2) is 67.6 Å². The van der Waals surface area contributed by atoms with Crippen molar-refractivity contribution in [3.8, 4) is 0 Å². The van der Waals surface area contributed by atoms with Crippen LogP contribution in [0.15, 0.2) is 48.8 Å². The lowest BCUT2D eigenvalue weighted by molar-refractivity contribution is 0.0740. The second-order valence-electron chi connectivity index (χ2n) is 9.25. The molecule has 180 valence electrons. The SMILES string of the molecule is CC(C)(C)n1nc(C(=O)N2CCN(c3ncccn3)CC2)c2sc(NC(=O)c3ccccc3)nc21. The molecule has 1 aliphatic rings. The summed E-state index contributed by atoms with van der Waals surface area (Å²) in [7, 11) is 0. The van der Waals surface area contributed by atoms with Crippen molar-refractivity contribution in [3.63, 3.8) is 0 Å². The Labute approximate surface area is 206 Å². The first-order valence-corrected chi connectivity index (χ1v) is 12.2. The summed E-state index contributed by atoms with van der Waals surface area (Å²) in [4.78, 5) is 43.3. The van der Waals surface area contributed by atoms with Gasteiger partial charge in [0.2, 0.25) is 5.95 Å². The number of hydrogen-bond donors (Lipinski definition) is 1. The molecule has 1 aliphatic heterocycles. The quantitative estimate of drug-likeness (QED) is 0.468. The number of benzene rings is 1. The van der Waals surface area contributed by atoms with E-state index < -0.39 is 5.54 Å². The zero-order chi connectivity index (χ0) is 24.6. The van der Waals surface area contributed by atoms with Crippen LogP contribution in [0.1, 0.15) is 41.6 Å². The van der Waals surface area contributed by atoms with Crippen molar-refractivity contribution < 1.29 is 9.59 Å². The fourth-order valence-corrected chi connectivity index (χ4v) is 4.85. The minimum absolute atomic E-state index is 0.142. The summed E-state index contributed by atoms with van der Waals surface area (Å²) in [6, 6.07) is 10.8. The number of thiazole rings is 1. The Bertz CT molecular complexity index is 1350. The molecule has 0 atom stereocenters. The third-order valence-corrected chi connectivity index (χ3v) is 6.69. The van der Waals surface area contributed by atoms with Crippen molar-refractivity contribution in [1.29, 1.82) is 0 Å². The lowest BCUT2D eigenvalue weighted by Gasteiger charge is -2.34. The molecule has 2 amide bonds. The van der Waals surface area contributed by atoms with Crippen LogP contribution in [0.25, 0.3) is 10.3 Å². The maximum atomic E-state index is 13.5. The molecule has 1 aromatic carbocycles.